The molecule has 5 heteroatoms. The van der Waals surface area contributed by atoms with Gasteiger partial charge in [0.2, 0.25) is 5.91 Å². The van der Waals surface area contributed by atoms with Gasteiger partial charge in [-0.25, -0.2) is 5.43 Å². The molecule has 0 aliphatic heterocycles. The van der Waals surface area contributed by atoms with Gasteiger partial charge in [-0.1, -0.05) is 36.4 Å². The highest BCUT2D eigenvalue weighted by Crippen LogP contribution is 2.26. The van der Waals surface area contributed by atoms with Crippen molar-refractivity contribution in [3.8, 4) is 5.75 Å². The summed E-state index contributed by atoms with van der Waals surface area (Å²) in [7, 11) is 0. The molecule has 2 aromatic rings. The van der Waals surface area contributed by atoms with Crippen LogP contribution in [-0.2, 0) is 11.2 Å². The maximum atomic E-state index is 11.9. The lowest BCUT2D eigenvalue weighted by atomic mass is 10.1. The van der Waals surface area contributed by atoms with Crippen molar-refractivity contribution in [2.45, 2.75) is 13.3 Å². The topological polar surface area (TPSA) is 50.7 Å². The average molecular weight is 361 g/mol. The smallest absolute Gasteiger partial charge is 0.244 e. The number of ether oxygens (including phenoxy) is 1. The Labute approximate surface area is 138 Å². The second-order valence-electron chi connectivity index (χ2n) is 4.58. The van der Waals surface area contributed by atoms with Crippen LogP contribution >= 0.6 is 15.9 Å². The van der Waals surface area contributed by atoms with Crippen molar-refractivity contribution in [3.63, 3.8) is 0 Å². The zero-order chi connectivity index (χ0) is 15.8. The van der Waals surface area contributed by atoms with Crippen LogP contribution in [0.1, 0.15) is 18.1 Å². The van der Waals surface area contributed by atoms with Crippen LogP contribution in [0.15, 0.2) is 58.1 Å². The van der Waals surface area contributed by atoms with Gasteiger partial charge in [-0.2, -0.15) is 5.10 Å². The van der Waals surface area contributed by atoms with Crippen LogP contribution in [0.2, 0.25) is 0 Å². The molecule has 114 valence electrons. The summed E-state index contributed by atoms with van der Waals surface area (Å²) >= 11 is 3.43. The fraction of sp³-hybridized carbons (Fsp3) is 0.176. The Morgan fingerprint density at radius 3 is 2.73 bits per heavy atom. The van der Waals surface area contributed by atoms with Crippen molar-refractivity contribution in [2.75, 3.05) is 6.61 Å². The number of rotatable bonds is 6. The van der Waals surface area contributed by atoms with E-state index in [0.717, 1.165) is 21.3 Å². The molecule has 2 rings (SSSR count). The number of nitrogens with zero attached hydrogens (tertiary/aromatic N) is 1. The molecule has 0 aromatic heterocycles. The number of halogens is 1. The van der Waals surface area contributed by atoms with Crippen LogP contribution in [0.5, 0.6) is 5.75 Å². The summed E-state index contributed by atoms with van der Waals surface area (Å²) in [5, 5.41) is 3.95. The number of benzene rings is 2. The molecule has 0 saturated carbocycles. The molecule has 0 aliphatic carbocycles. The molecule has 0 fully saturated rings. The largest absolute Gasteiger partial charge is 0.493 e. The molecule has 0 radical (unpaired) electrons. The van der Waals surface area contributed by atoms with Gasteiger partial charge in [-0.15, -0.1) is 0 Å². The first-order valence-corrected chi connectivity index (χ1v) is 7.76. The summed E-state index contributed by atoms with van der Waals surface area (Å²) in [6, 6.07) is 15.2. The molecule has 0 spiro atoms. The minimum Gasteiger partial charge on any atom is -0.493 e. The van der Waals surface area contributed by atoms with Gasteiger partial charge in [0.05, 0.1) is 23.7 Å². The van der Waals surface area contributed by atoms with Crippen molar-refractivity contribution < 1.29 is 9.53 Å². The molecule has 0 saturated heterocycles. The monoisotopic (exact) mass is 360 g/mol. The molecule has 0 bridgehead atoms. The lowest BCUT2D eigenvalue weighted by Crippen LogP contribution is -2.19. The fourth-order valence-corrected chi connectivity index (χ4v) is 2.41. The third kappa shape index (κ3) is 5.00. The lowest BCUT2D eigenvalue weighted by Gasteiger charge is -2.07. The standard InChI is InChI=1S/C17H17BrN2O2/c1-2-22-16-9-8-14(10-15(16)18)11-17(21)20-19-12-13-6-4-3-5-7-13/h3-10,12H,2,11H2,1H3,(H,20,21). The second kappa shape index (κ2) is 8.34. The number of hydrogen-bond acceptors (Lipinski definition) is 3. The van der Waals surface area contributed by atoms with E-state index in [-0.39, 0.29) is 12.3 Å². The summed E-state index contributed by atoms with van der Waals surface area (Å²) in [6.45, 7) is 2.53. The third-order valence-corrected chi connectivity index (χ3v) is 3.48. The molecule has 4 nitrogen and oxygen atoms in total. The van der Waals surface area contributed by atoms with Gasteiger partial charge in [0.25, 0.3) is 0 Å². The van der Waals surface area contributed by atoms with E-state index >= 15 is 0 Å². The number of amides is 1. The number of carbonyl (C=O) groups excluding carboxylic acids is 1. The lowest BCUT2D eigenvalue weighted by molar-refractivity contribution is -0.120. The Balaban J connectivity index is 1.89. The highest BCUT2D eigenvalue weighted by atomic mass is 79.9. The number of hydrogen-bond donors (Lipinski definition) is 1. The Hall–Kier alpha value is -2.14. The number of nitrogens with one attached hydrogen (secondary N) is 1. The Morgan fingerprint density at radius 2 is 2.05 bits per heavy atom. The minimum absolute atomic E-state index is 0.164. The third-order valence-electron chi connectivity index (χ3n) is 2.86. The maximum absolute atomic E-state index is 11.9. The maximum Gasteiger partial charge on any atom is 0.244 e. The van der Waals surface area contributed by atoms with Crippen molar-refractivity contribution in [3.05, 3.63) is 64.1 Å². The van der Waals surface area contributed by atoms with E-state index in [1.165, 1.54) is 0 Å². The van der Waals surface area contributed by atoms with Gasteiger partial charge in [0, 0.05) is 0 Å². The van der Waals surface area contributed by atoms with Crippen molar-refractivity contribution >= 4 is 28.1 Å². The van der Waals surface area contributed by atoms with Crippen LogP contribution < -0.4 is 10.2 Å². The summed E-state index contributed by atoms with van der Waals surface area (Å²) in [4.78, 5) is 11.9. The Bertz CT molecular complexity index is 657. The van der Waals surface area contributed by atoms with E-state index in [0.29, 0.717) is 6.61 Å². The van der Waals surface area contributed by atoms with E-state index in [1.54, 1.807) is 6.21 Å². The quantitative estimate of drug-likeness (QED) is 0.632. The molecule has 2 aromatic carbocycles. The zero-order valence-corrected chi connectivity index (χ0v) is 13.8. The van der Waals surface area contributed by atoms with Gasteiger partial charge in [0.1, 0.15) is 5.75 Å². The van der Waals surface area contributed by atoms with E-state index in [1.807, 2.05) is 55.5 Å². The van der Waals surface area contributed by atoms with Crippen molar-refractivity contribution in [1.82, 2.24) is 5.43 Å². The molecule has 0 atom stereocenters. The molecule has 0 heterocycles. The number of carbonyl (C=O) groups is 1. The molecule has 1 amide bonds. The fourth-order valence-electron chi connectivity index (χ4n) is 1.87. The summed E-state index contributed by atoms with van der Waals surface area (Å²) < 4.78 is 6.28. The summed E-state index contributed by atoms with van der Waals surface area (Å²) in [6.07, 6.45) is 1.88. The predicted octanol–water partition coefficient (Wildman–Crippen LogP) is 3.54. The van der Waals surface area contributed by atoms with Crippen LogP contribution in [-0.4, -0.2) is 18.7 Å². The molecule has 0 unspecified atom stereocenters. The van der Waals surface area contributed by atoms with Gasteiger partial charge in [-0.05, 0) is 46.1 Å². The zero-order valence-electron chi connectivity index (χ0n) is 12.3. The van der Waals surface area contributed by atoms with Crippen LogP contribution in [0.25, 0.3) is 0 Å². The molecular formula is C17H17BrN2O2. The van der Waals surface area contributed by atoms with E-state index in [4.69, 9.17) is 4.74 Å². The molecule has 0 aliphatic rings. The van der Waals surface area contributed by atoms with Gasteiger partial charge < -0.3 is 4.74 Å². The van der Waals surface area contributed by atoms with Gasteiger partial charge >= 0.3 is 0 Å². The highest BCUT2D eigenvalue weighted by Gasteiger charge is 2.06. The first kappa shape index (κ1) is 16.2. The van der Waals surface area contributed by atoms with E-state index < -0.39 is 0 Å². The first-order chi connectivity index (χ1) is 10.7. The molecule has 22 heavy (non-hydrogen) atoms. The number of hydrazone groups is 1. The van der Waals surface area contributed by atoms with E-state index in [9.17, 15) is 4.79 Å². The van der Waals surface area contributed by atoms with Crippen LogP contribution in [0, 0.1) is 0 Å². The van der Waals surface area contributed by atoms with Gasteiger partial charge in [-0.3, -0.25) is 4.79 Å². The molecule has 1 N–H and O–H groups in total. The van der Waals surface area contributed by atoms with Crippen molar-refractivity contribution in [1.29, 1.82) is 0 Å². The summed E-state index contributed by atoms with van der Waals surface area (Å²) in [5.41, 5.74) is 4.35. The SMILES string of the molecule is CCOc1ccc(CC(=O)NN=Cc2ccccc2)cc1Br. The highest BCUT2D eigenvalue weighted by molar-refractivity contribution is 9.10. The average Bonchev–Trinajstić information content (AvgIpc) is 2.51. The molecular weight excluding hydrogens is 344 g/mol. The van der Waals surface area contributed by atoms with Crippen LogP contribution in [0.4, 0.5) is 0 Å². The first-order valence-electron chi connectivity index (χ1n) is 6.97. The second-order valence-corrected chi connectivity index (χ2v) is 5.43. The minimum atomic E-state index is -0.164. The Morgan fingerprint density at radius 1 is 1.27 bits per heavy atom. The summed E-state index contributed by atoms with van der Waals surface area (Å²) in [5.74, 6) is 0.608. The normalized spacial score (nSPS) is 10.6. The van der Waals surface area contributed by atoms with E-state index in [2.05, 4.69) is 26.5 Å². The van der Waals surface area contributed by atoms with Crippen LogP contribution in [0.3, 0.4) is 0 Å². The Kier molecular flexibility index (Phi) is 6.15. The van der Waals surface area contributed by atoms with Gasteiger partial charge in [0.15, 0.2) is 0 Å². The van der Waals surface area contributed by atoms with Crippen molar-refractivity contribution in [2.24, 2.45) is 5.10 Å². The predicted molar refractivity (Wildman–Crippen MR) is 91.2 cm³/mol.